The van der Waals surface area contributed by atoms with Gasteiger partial charge in [0, 0.05) is 24.4 Å². The molecule has 1 aliphatic heterocycles. The molecule has 0 unspecified atom stereocenters. The second-order valence-corrected chi connectivity index (χ2v) is 19.2. The number of alkyl carbamates (subject to hydrolysis) is 1. The average molecular weight is 867 g/mol. The highest BCUT2D eigenvalue weighted by Crippen LogP contribution is 2.45. The molecule has 1 aliphatic carbocycles. The number of benzene rings is 3. The molecule has 1 saturated heterocycles. The van der Waals surface area contributed by atoms with Gasteiger partial charge in [-0.15, -0.1) is 6.58 Å². The van der Waals surface area contributed by atoms with Crippen molar-refractivity contribution < 1.29 is 42.2 Å². The topological polar surface area (TPSA) is 223 Å². The van der Waals surface area contributed by atoms with Gasteiger partial charge in [0.2, 0.25) is 11.8 Å². The molecule has 16 nitrogen and oxygen atoms in total. The van der Waals surface area contributed by atoms with Crippen molar-refractivity contribution >= 4 is 39.8 Å². The molecule has 17 heteroatoms. The smallest absolute Gasteiger partial charge is 0.408 e. The van der Waals surface area contributed by atoms with Gasteiger partial charge in [0.05, 0.1) is 28.3 Å². The Morgan fingerprint density at radius 1 is 0.919 bits per heavy atom. The molecule has 4 amide bonds. The van der Waals surface area contributed by atoms with E-state index in [1.165, 1.54) is 15.7 Å². The lowest BCUT2D eigenvalue weighted by molar-refractivity contribution is -0.143. The fraction of sp³-hybridized carbons (Fsp3) is 0.356. The quantitative estimate of drug-likeness (QED) is 0.140. The third kappa shape index (κ3) is 9.47. The summed E-state index contributed by atoms with van der Waals surface area (Å²) in [5.74, 6) is -4.57. The second kappa shape index (κ2) is 17.0. The largest absolute Gasteiger partial charge is 0.478 e. The zero-order valence-corrected chi connectivity index (χ0v) is 36.1. The molecule has 2 aliphatic rings. The van der Waals surface area contributed by atoms with Crippen LogP contribution in [0.3, 0.4) is 0 Å². The highest BCUT2D eigenvalue weighted by Gasteiger charge is 2.61. The first-order chi connectivity index (χ1) is 29.1. The number of carbonyl (C=O) groups excluding carboxylic acids is 4. The van der Waals surface area contributed by atoms with Gasteiger partial charge in [-0.2, -0.15) is 5.10 Å². The summed E-state index contributed by atoms with van der Waals surface area (Å²) in [5, 5.41) is 19.2. The summed E-state index contributed by atoms with van der Waals surface area (Å²) >= 11 is 0. The Bertz CT molecular complexity index is 2570. The molecule has 4 aromatic rings. The number of aromatic nitrogens is 2. The van der Waals surface area contributed by atoms with Crippen LogP contribution in [-0.2, 0) is 29.1 Å². The molecule has 5 atom stereocenters. The van der Waals surface area contributed by atoms with Crippen LogP contribution < -0.4 is 20.9 Å². The van der Waals surface area contributed by atoms with E-state index in [1.807, 2.05) is 41.1 Å². The SMILES string of the molecule is C=C[C@@H]1C[C@]1(NC(=O)[C@@H]1C[C@@H](n2ncc(-c3ccccc3)c(-c3ccccc3)c2=O)CN1C(=O)[C@@H](NC(=O)OC(C)(C)C)C(C)(C)C)C(=O)NS(=O)(=O)c1ccc(C(=O)O)cc1. The summed E-state index contributed by atoms with van der Waals surface area (Å²) in [6.45, 7) is 13.7. The van der Waals surface area contributed by atoms with Gasteiger partial charge >= 0.3 is 12.1 Å². The third-order valence-electron chi connectivity index (χ3n) is 10.8. The van der Waals surface area contributed by atoms with E-state index in [0.717, 1.165) is 29.8 Å². The van der Waals surface area contributed by atoms with E-state index >= 15 is 0 Å². The van der Waals surface area contributed by atoms with E-state index in [-0.39, 0.29) is 29.8 Å². The summed E-state index contributed by atoms with van der Waals surface area (Å²) < 4.78 is 35.4. The number of amides is 4. The maximum atomic E-state index is 14.8. The lowest BCUT2D eigenvalue weighted by Crippen LogP contribution is -2.60. The molecular formula is C45H50N6O10S. The molecule has 0 spiro atoms. The van der Waals surface area contributed by atoms with Gasteiger partial charge < -0.3 is 25.4 Å². The molecule has 62 heavy (non-hydrogen) atoms. The first kappa shape index (κ1) is 44.9. The van der Waals surface area contributed by atoms with Crippen LogP contribution in [0.4, 0.5) is 4.79 Å². The Morgan fingerprint density at radius 3 is 2.05 bits per heavy atom. The van der Waals surface area contributed by atoms with Gasteiger partial charge in [-0.25, -0.2) is 27.4 Å². The van der Waals surface area contributed by atoms with Gasteiger partial charge in [-0.1, -0.05) is 87.5 Å². The zero-order chi connectivity index (χ0) is 45.4. The number of nitrogens with one attached hydrogen (secondary N) is 3. The molecule has 0 radical (unpaired) electrons. The second-order valence-electron chi connectivity index (χ2n) is 17.5. The summed E-state index contributed by atoms with van der Waals surface area (Å²) in [4.78, 5) is 83.3. The highest BCUT2D eigenvalue weighted by molar-refractivity contribution is 7.90. The fourth-order valence-electron chi connectivity index (χ4n) is 7.56. The summed E-state index contributed by atoms with van der Waals surface area (Å²) in [6, 6.07) is 19.0. The summed E-state index contributed by atoms with van der Waals surface area (Å²) in [7, 11) is -4.55. The standard InChI is InChI=1S/C45H50N6O10S/c1-8-30-24-45(30,41(57)49-62(59,60)32-21-19-29(20-22-32)40(55)56)48-37(52)34-23-31(26-50(34)39(54)36(43(2,3)4)47-42(58)61-44(5,6)7)51-38(53)35(28-17-13-10-14-18-28)33(25-46-51)27-15-11-9-12-16-27/h8-22,25,30-31,34,36H,1,23-24,26H2,2-7H3,(H,47,58)(H,48,52)(H,49,57)(H,55,56)/t30-,31-,34+,36-,45-/m1/s1. The minimum Gasteiger partial charge on any atom is -0.478 e. The average Bonchev–Trinajstić information content (AvgIpc) is 3.75. The van der Waals surface area contributed by atoms with Gasteiger partial charge in [0.1, 0.15) is 23.2 Å². The van der Waals surface area contributed by atoms with Crippen molar-refractivity contribution in [3.05, 3.63) is 120 Å². The van der Waals surface area contributed by atoms with E-state index in [2.05, 4.69) is 22.3 Å². The zero-order valence-electron chi connectivity index (χ0n) is 35.2. The van der Waals surface area contributed by atoms with Crippen molar-refractivity contribution in [3.63, 3.8) is 0 Å². The summed E-state index contributed by atoms with van der Waals surface area (Å²) in [5.41, 5.74) is -2.01. The lowest BCUT2D eigenvalue weighted by atomic mass is 9.85. The number of ether oxygens (including phenoxy) is 1. The van der Waals surface area contributed by atoms with E-state index in [1.54, 1.807) is 72.0 Å². The molecular weight excluding hydrogens is 817 g/mol. The van der Waals surface area contributed by atoms with E-state index < -0.39 is 86.0 Å². The van der Waals surface area contributed by atoms with Crippen molar-refractivity contribution in [1.29, 1.82) is 0 Å². The van der Waals surface area contributed by atoms with Crippen molar-refractivity contribution in [2.45, 2.75) is 88.5 Å². The third-order valence-corrected chi connectivity index (χ3v) is 12.2. The predicted molar refractivity (Wildman–Crippen MR) is 229 cm³/mol. The molecule has 6 rings (SSSR count). The minimum absolute atomic E-state index is 0.0289. The van der Waals surface area contributed by atoms with Crippen molar-refractivity contribution in [1.82, 2.24) is 30.0 Å². The highest BCUT2D eigenvalue weighted by atomic mass is 32.2. The molecule has 1 saturated carbocycles. The Hall–Kier alpha value is -6.62. The maximum absolute atomic E-state index is 14.8. The van der Waals surface area contributed by atoms with Crippen LogP contribution in [0, 0.1) is 11.3 Å². The minimum atomic E-state index is -4.55. The summed E-state index contributed by atoms with van der Waals surface area (Å²) in [6.07, 6.45) is 1.91. The number of carboxylic acid groups (broad SMARTS) is 1. The number of sulfonamides is 1. The molecule has 2 heterocycles. The molecule has 326 valence electrons. The van der Waals surface area contributed by atoms with Crippen LogP contribution in [0.5, 0.6) is 0 Å². The Balaban J connectivity index is 1.38. The van der Waals surface area contributed by atoms with Crippen molar-refractivity contribution in [3.8, 4) is 22.3 Å². The molecule has 1 aromatic heterocycles. The number of nitrogens with zero attached hydrogens (tertiary/aromatic N) is 3. The van der Waals surface area contributed by atoms with Crippen molar-refractivity contribution in [2.75, 3.05) is 6.54 Å². The lowest BCUT2D eigenvalue weighted by Gasteiger charge is -2.36. The molecule has 2 fully saturated rings. The van der Waals surface area contributed by atoms with Gasteiger partial charge in [-0.05, 0) is 68.0 Å². The van der Waals surface area contributed by atoms with Crippen LogP contribution in [0.1, 0.15) is 70.8 Å². The predicted octanol–water partition coefficient (Wildman–Crippen LogP) is 4.92. The van der Waals surface area contributed by atoms with Gasteiger partial charge in [0.25, 0.3) is 21.5 Å². The van der Waals surface area contributed by atoms with Crippen LogP contribution in [0.2, 0.25) is 0 Å². The van der Waals surface area contributed by atoms with E-state index in [0.29, 0.717) is 16.7 Å². The van der Waals surface area contributed by atoms with Crippen LogP contribution in [-0.4, -0.2) is 87.8 Å². The number of carboxylic acids is 1. The number of rotatable bonds is 12. The number of aromatic carboxylic acids is 1. The maximum Gasteiger partial charge on any atom is 0.408 e. The monoisotopic (exact) mass is 866 g/mol. The Morgan fingerprint density at radius 2 is 1.52 bits per heavy atom. The number of hydrogen-bond donors (Lipinski definition) is 4. The first-order valence-corrected chi connectivity index (χ1v) is 21.4. The Kier molecular flexibility index (Phi) is 12.3. The normalized spacial score (nSPS) is 20.4. The molecule has 3 aromatic carbocycles. The van der Waals surface area contributed by atoms with Gasteiger partial charge in [0.15, 0.2) is 0 Å². The Labute approximate surface area is 359 Å². The first-order valence-electron chi connectivity index (χ1n) is 19.9. The van der Waals surface area contributed by atoms with Crippen LogP contribution >= 0.6 is 0 Å². The van der Waals surface area contributed by atoms with Crippen molar-refractivity contribution in [2.24, 2.45) is 11.3 Å². The van der Waals surface area contributed by atoms with Crippen LogP contribution in [0.25, 0.3) is 22.3 Å². The number of hydrogen-bond acceptors (Lipinski definition) is 10. The fourth-order valence-corrected chi connectivity index (χ4v) is 8.59. The molecule has 0 bridgehead atoms. The van der Waals surface area contributed by atoms with Gasteiger partial charge in [-0.3, -0.25) is 19.2 Å². The van der Waals surface area contributed by atoms with Crippen LogP contribution in [0.15, 0.2) is 113 Å². The van der Waals surface area contributed by atoms with E-state index in [4.69, 9.17) is 4.74 Å². The molecule has 4 N–H and O–H groups in total. The number of likely N-dealkylation sites (tertiary alicyclic amines) is 1. The number of carbonyl (C=O) groups is 5. The van der Waals surface area contributed by atoms with E-state index in [9.17, 15) is 42.3 Å².